The molecular formula is C8H7N3O2. The summed E-state index contributed by atoms with van der Waals surface area (Å²) >= 11 is 0. The molecule has 0 fully saturated rings. The van der Waals surface area contributed by atoms with Crippen molar-refractivity contribution in [2.45, 2.75) is 0 Å². The molecule has 1 amide bonds. The number of amides is 1. The first-order valence-corrected chi connectivity index (χ1v) is 3.68. The van der Waals surface area contributed by atoms with Crippen LogP contribution in [0, 0.1) is 0 Å². The number of hydrogen-bond donors (Lipinski definition) is 3. The summed E-state index contributed by atoms with van der Waals surface area (Å²) < 4.78 is 0. The van der Waals surface area contributed by atoms with Gasteiger partial charge in [-0.05, 0) is 18.2 Å². The zero-order chi connectivity index (χ0) is 9.42. The maximum absolute atomic E-state index is 11.1. The minimum atomic E-state index is -0.510. The van der Waals surface area contributed by atoms with Gasteiger partial charge in [0.15, 0.2) is 0 Å². The lowest BCUT2D eigenvalue weighted by Gasteiger charge is -1.93. The average molecular weight is 177 g/mol. The Balaban J connectivity index is 2.77. The van der Waals surface area contributed by atoms with Gasteiger partial charge in [0, 0.05) is 5.56 Å². The Morgan fingerprint density at radius 2 is 2.08 bits per heavy atom. The van der Waals surface area contributed by atoms with E-state index >= 15 is 0 Å². The second-order valence-electron chi connectivity index (χ2n) is 2.70. The number of primary amides is 1. The summed E-state index contributed by atoms with van der Waals surface area (Å²) in [6.07, 6.45) is 0. The summed E-state index contributed by atoms with van der Waals surface area (Å²) in [7, 11) is 0. The Hall–Kier alpha value is -2.04. The van der Waals surface area contributed by atoms with Gasteiger partial charge < -0.3 is 5.73 Å². The molecule has 0 saturated carbocycles. The van der Waals surface area contributed by atoms with Crippen LogP contribution in [-0.4, -0.2) is 16.1 Å². The third-order valence-corrected chi connectivity index (χ3v) is 1.86. The van der Waals surface area contributed by atoms with Crippen molar-refractivity contribution in [3.8, 4) is 0 Å². The molecule has 0 aliphatic carbocycles. The topological polar surface area (TPSA) is 91.7 Å². The van der Waals surface area contributed by atoms with Crippen LogP contribution in [0.15, 0.2) is 23.0 Å². The van der Waals surface area contributed by atoms with Gasteiger partial charge in [0.2, 0.25) is 5.91 Å². The smallest absolute Gasteiger partial charge is 0.271 e. The van der Waals surface area contributed by atoms with E-state index in [4.69, 9.17) is 5.73 Å². The number of rotatable bonds is 1. The number of H-pyrrole nitrogens is 2. The highest BCUT2D eigenvalue weighted by Gasteiger charge is 2.04. The van der Waals surface area contributed by atoms with Gasteiger partial charge >= 0.3 is 0 Å². The zero-order valence-corrected chi connectivity index (χ0v) is 6.63. The van der Waals surface area contributed by atoms with Gasteiger partial charge in [-0.15, -0.1) is 0 Å². The van der Waals surface area contributed by atoms with Crippen molar-refractivity contribution in [2.75, 3.05) is 0 Å². The van der Waals surface area contributed by atoms with E-state index in [1.807, 2.05) is 0 Å². The standard InChI is InChI=1S/C8H7N3O2/c9-7(12)4-1-2-5-6(3-4)10-11-8(5)13/h1-3H,(H2,9,12)(H2,10,11,13). The van der Waals surface area contributed by atoms with E-state index in [1.54, 1.807) is 6.07 Å². The molecule has 1 heterocycles. The van der Waals surface area contributed by atoms with E-state index in [0.29, 0.717) is 16.5 Å². The normalized spacial score (nSPS) is 10.5. The summed E-state index contributed by atoms with van der Waals surface area (Å²) in [5.41, 5.74) is 5.83. The van der Waals surface area contributed by atoms with Crippen molar-refractivity contribution in [1.29, 1.82) is 0 Å². The molecule has 0 spiro atoms. The largest absolute Gasteiger partial charge is 0.366 e. The van der Waals surface area contributed by atoms with Crippen molar-refractivity contribution < 1.29 is 4.79 Å². The molecule has 1 aromatic heterocycles. The summed E-state index contributed by atoms with van der Waals surface area (Å²) in [4.78, 5) is 21.8. The van der Waals surface area contributed by atoms with E-state index in [9.17, 15) is 9.59 Å². The fourth-order valence-electron chi connectivity index (χ4n) is 1.19. The highest BCUT2D eigenvalue weighted by molar-refractivity contribution is 5.96. The predicted molar refractivity (Wildman–Crippen MR) is 47.4 cm³/mol. The Bertz CT molecular complexity index is 523. The van der Waals surface area contributed by atoms with Gasteiger partial charge in [0.1, 0.15) is 0 Å². The lowest BCUT2D eigenvalue weighted by atomic mass is 10.1. The van der Waals surface area contributed by atoms with Crippen LogP contribution in [0.3, 0.4) is 0 Å². The number of nitrogens with one attached hydrogen (secondary N) is 2. The molecule has 0 aliphatic rings. The first-order chi connectivity index (χ1) is 6.18. The van der Waals surface area contributed by atoms with Crippen LogP contribution in [0.5, 0.6) is 0 Å². The molecular weight excluding hydrogens is 170 g/mol. The number of benzene rings is 1. The van der Waals surface area contributed by atoms with Crippen LogP contribution in [0.4, 0.5) is 0 Å². The van der Waals surface area contributed by atoms with Crippen molar-refractivity contribution in [3.63, 3.8) is 0 Å². The van der Waals surface area contributed by atoms with E-state index in [1.165, 1.54) is 12.1 Å². The van der Waals surface area contributed by atoms with Gasteiger partial charge in [-0.1, -0.05) is 0 Å². The molecule has 66 valence electrons. The lowest BCUT2D eigenvalue weighted by Crippen LogP contribution is -2.10. The molecule has 5 nitrogen and oxygen atoms in total. The van der Waals surface area contributed by atoms with Crippen molar-refractivity contribution >= 4 is 16.8 Å². The van der Waals surface area contributed by atoms with Crippen molar-refractivity contribution in [1.82, 2.24) is 10.2 Å². The predicted octanol–water partition coefficient (Wildman–Crippen LogP) is -0.0449. The van der Waals surface area contributed by atoms with Gasteiger partial charge in [-0.2, -0.15) is 0 Å². The minimum Gasteiger partial charge on any atom is -0.366 e. The molecule has 0 saturated heterocycles. The van der Waals surface area contributed by atoms with Gasteiger partial charge in [0.25, 0.3) is 5.56 Å². The van der Waals surface area contributed by atoms with Crippen LogP contribution >= 0.6 is 0 Å². The molecule has 0 atom stereocenters. The molecule has 2 aromatic rings. The van der Waals surface area contributed by atoms with E-state index in [-0.39, 0.29) is 5.56 Å². The van der Waals surface area contributed by atoms with Crippen molar-refractivity contribution in [3.05, 3.63) is 34.1 Å². The molecule has 13 heavy (non-hydrogen) atoms. The van der Waals surface area contributed by atoms with Gasteiger partial charge in [0.05, 0.1) is 10.9 Å². The number of carbonyl (C=O) groups is 1. The van der Waals surface area contributed by atoms with Crippen molar-refractivity contribution in [2.24, 2.45) is 5.73 Å². The highest BCUT2D eigenvalue weighted by Crippen LogP contribution is 2.08. The molecule has 0 radical (unpaired) electrons. The third-order valence-electron chi connectivity index (χ3n) is 1.86. The minimum absolute atomic E-state index is 0.203. The molecule has 4 N–H and O–H groups in total. The van der Waals surface area contributed by atoms with E-state index in [0.717, 1.165) is 0 Å². The van der Waals surface area contributed by atoms with Crippen LogP contribution in [-0.2, 0) is 0 Å². The molecule has 1 aromatic carbocycles. The highest BCUT2D eigenvalue weighted by atomic mass is 16.1. The first kappa shape index (κ1) is 7.60. The molecule has 5 heteroatoms. The molecule has 0 aliphatic heterocycles. The summed E-state index contributed by atoms with van der Waals surface area (Å²) in [6, 6.07) is 4.62. The van der Waals surface area contributed by atoms with Crippen LogP contribution in [0.25, 0.3) is 10.9 Å². The SMILES string of the molecule is NC(=O)c1ccc2c(=O)[nH][nH]c2c1. The van der Waals surface area contributed by atoms with E-state index < -0.39 is 5.91 Å². The Kier molecular flexibility index (Phi) is 1.45. The Labute approximate surface area is 72.5 Å². The number of carbonyl (C=O) groups excluding carboxylic acids is 1. The second-order valence-corrected chi connectivity index (χ2v) is 2.70. The number of aromatic nitrogens is 2. The number of hydrogen-bond acceptors (Lipinski definition) is 2. The van der Waals surface area contributed by atoms with Gasteiger partial charge in [-0.3, -0.25) is 19.8 Å². The molecule has 0 bridgehead atoms. The van der Waals surface area contributed by atoms with Crippen LogP contribution in [0.1, 0.15) is 10.4 Å². The summed E-state index contributed by atoms with van der Waals surface area (Å²) in [6.45, 7) is 0. The summed E-state index contributed by atoms with van der Waals surface area (Å²) in [5, 5.41) is 5.57. The number of nitrogens with two attached hydrogens (primary N) is 1. The summed E-state index contributed by atoms with van der Waals surface area (Å²) in [5.74, 6) is -0.510. The number of fused-ring (bicyclic) bond motifs is 1. The fraction of sp³-hybridized carbons (Fsp3) is 0. The quantitative estimate of drug-likeness (QED) is 0.570. The molecule has 0 unspecified atom stereocenters. The first-order valence-electron chi connectivity index (χ1n) is 3.68. The van der Waals surface area contributed by atoms with Crippen LogP contribution < -0.4 is 11.3 Å². The Morgan fingerprint density at radius 3 is 2.77 bits per heavy atom. The average Bonchev–Trinajstić information content (AvgIpc) is 2.47. The second kappa shape index (κ2) is 2.48. The van der Waals surface area contributed by atoms with E-state index in [2.05, 4.69) is 10.2 Å². The van der Waals surface area contributed by atoms with Gasteiger partial charge in [-0.25, -0.2) is 0 Å². The Morgan fingerprint density at radius 1 is 1.31 bits per heavy atom. The third kappa shape index (κ3) is 1.10. The molecule has 2 rings (SSSR count). The number of aromatic amines is 2. The fourth-order valence-corrected chi connectivity index (χ4v) is 1.19. The lowest BCUT2D eigenvalue weighted by molar-refractivity contribution is 0.100. The monoisotopic (exact) mass is 177 g/mol. The van der Waals surface area contributed by atoms with Crippen LogP contribution in [0.2, 0.25) is 0 Å². The maximum Gasteiger partial charge on any atom is 0.271 e. The maximum atomic E-state index is 11.1. The zero-order valence-electron chi connectivity index (χ0n) is 6.63.